The van der Waals surface area contributed by atoms with Crippen molar-refractivity contribution >= 4 is 6.34 Å². The molecule has 1 radical (unpaired) electrons. The molecular weight excluding hydrogens is 158 g/mol. The summed E-state index contributed by atoms with van der Waals surface area (Å²) in [7, 11) is 0. The van der Waals surface area contributed by atoms with Gasteiger partial charge in [0.05, 0.1) is 13.2 Å². The molecule has 0 fully saturated rings. The average Bonchev–Trinajstić information content (AvgIpc) is 2.06. The predicted octanol–water partition coefficient (Wildman–Crippen LogP) is 0.327. The largest absolute Gasteiger partial charge is 0.296 e. The average molecular weight is 172 g/mol. The third-order valence-electron chi connectivity index (χ3n) is 1.29. The molecule has 1 aliphatic rings. The van der Waals surface area contributed by atoms with Crippen molar-refractivity contribution in [1.29, 1.82) is 0 Å². The Balaban J connectivity index is 2.29. The maximum Gasteiger partial charge on any atom is 0.196 e. The topological polar surface area (TPSA) is 37.3 Å². The second-order valence-corrected chi connectivity index (χ2v) is 2.24. The van der Waals surface area contributed by atoms with E-state index in [2.05, 4.69) is 11.3 Å². The van der Waals surface area contributed by atoms with Gasteiger partial charge in [-0.05, 0) is 13.8 Å². The second kappa shape index (κ2) is 5.08. The molecule has 69 valence electrons. The fourth-order valence-corrected chi connectivity index (χ4v) is 0.899. The number of hydroxylamine groups is 4. The maximum absolute atomic E-state index is 5.24. The molecule has 0 aromatic carbocycles. The lowest BCUT2D eigenvalue weighted by Gasteiger charge is -2.28. The Morgan fingerprint density at radius 1 is 1.33 bits per heavy atom. The zero-order valence-electron chi connectivity index (χ0n) is 7.49. The summed E-state index contributed by atoms with van der Waals surface area (Å²) < 4.78 is 0. The molecule has 0 bridgehead atoms. The van der Waals surface area contributed by atoms with Gasteiger partial charge in [-0.1, -0.05) is 0 Å². The second-order valence-electron chi connectivity index (χ2n) is 2.24. The number of hydrogen-bond acceptors (Lipinski definition) is 5. The number of nitrogens with zero attached hydrogens (tertiary/aromatic N) is 3. The molecular formula is C7H14N3O2. The molecule has 1 heterocycles. The van der Waals surface area contributed by atoms with Crippen LogP contribution in [0.25, 0.3) is 0 Å². The zero-order valence-corrected chi connectivity index (χ0v) is 7.49. The third kappa shape index (κ3) is 2.77. The lowest BCUT2D eigenvalue weighted by Crippen LogP contribution is -2.41. The van der Waals surface area contributed by atoms with Crippen molar-refractivity contribution in [3.8, 4) is 0 Å². The summed E-state index contributed by atoms with van der Waals surface area (Å²) in [5.74, 6) is 0. The Kier molecular flexibility index (Phi) is 3.99. The van der Waals surface area contributed by atoms with Crippen molar-refractivity contribution in [3.63, 3.8) is 0 Å². The molecule has 0 saturated carbocycles. The normalized spacial score (nSPS) is 18.7. The minimum atomic E-state index is 0.525. The minimum Gasteiger partial charge on any atom is -0.296 e. The van der Waals surface area contributed by atoms with Crippen LogP contribution in [-0.2, 0) is 9.68 Å². The minimum absolute atomic E-state index is 0.525. The van der Waals surface area contributed by atoms with Gasteiger partial charge in [0.15, 0.2) is 6.34 Å². The van der Waals surface area contributed by atoms with Gasteiger partial charge in [-0.15, -0.1) is 5.06 Å². The van der Waals surface area contributed by atoms with E-state index in [4.69, 9.17) is 9.68 Å². The summed E-state index contributed by atoms with van der Waals surface area (Å²) in [6.45, 7) is 6.20. The first-order valence-corrected chi connectivity index (χ1v) is 4.07. The van der Waals surface area contributed by atoms with Crippen LogP contribution in [0.4, 0.5) is 0 Å². The molecule has 0 saturated heterocycles. The van der Waals surface area contributed by atoms with E-state index >= 15 is 0 Å². The molecule has 12 heavy (non-hydrogen) atoms. The summed E-state index contributed by atoms with van der Waals surface area (Å²) in [6.07, 6.45) is 2.72. The van der Waals surface area contributed by atoms with Crippen LogP contribution < -0.4 is 0 Å². The van der Waals surface area contributed by atoms with Crippen molar-refractivity contribution < 1.29 is 9.68 Å². The van der Waals surface area contributed by atoms with Gasteiger partial charge in [-0.3, -0.25) is 9.68 Å². The summed E-state index contributed by atoms with van der Waals surface area (Å²) >= 11 is 0. The van der Waals surface area contributed by atoms with Crippen LogP contribution in [-0.4, -0.2) is 43.0 Å². The molecule has 0 aromatic heterocycles. The van der Waals surface area contributed by atoms with Crippen LogP contribution in [0.2, 0.25) is 0 Å². The van der Waals surface area contributed by atoms with E-state index in [9.17, 15) is 0 Å². The molecule has 5 heteroatoms. The lowest BCUT2D eigenvalue weighted by atomic mass is 10.8. The number of rotatable bonds is 4. The first-order chi connectivity index (χ1) is 5.86. The molecule has 0 unspecified atom stereocenters. The number of hydrogen-bond donors (Lipinski definition) is 0. The molecule has 1 rings (SSSR count). The Hall–Kier alpha value is -0.650. The highest BCUT2D eigenvalue weighted by atomic mass is 16.7. The summed E-state index contributed by atoms with van der Waals surface area (Å²) in [5, 5.41) is 3.24. The molecule has 0 amide bonds. The summed E-state index contributed by atoms with van der Waals surface area (Å²) in [4.78, 5) is 14.3. The standard InChI is InChI=1S/C7H14N3O2/c1-3-11-9-5-8-6-10(7-9)12-4-2/h3-5,7H2,1-2H3. The van der Waals surface area contributed by atoms with Gasteiger partial charge in [0.2, 0.25) is 0 Å². The molecule has 1 aliphatic heterocycles. The fourth-order valence-electron chi connectivity index (χ4n) is 0.899. The van der Waals surface area contributed by atoms with Crippen LogP contribution in [0.5, 0.6) is 0 Å². The molecule has 0 aliphatic carbocycles. The van der Waals surface area contributed by atoms with Crippen molar-refractivity contribution in [1.82, 2.24) is 10.1 Å². The molecule has 5 nitrogen and oxygen atoms in total. The van der Waals surface area contributed by atoms with Gasteiger partial charge in [-0.25, -0.2) is 10.1 Å². The highest BCUT2D eigenvalue weighted by Crippen LogP contribution is 2.00. The Labute approximate surface area is 72.5 Å². The molecule has 0 aromatic rings. The monoisotopic (exact) mass is 172 g/mol. The van der Waals surface area contributed by atoms with Crippen molar-refractivity contribution in [3.05, 3.63) is 0 Å². The Bertz CT molecular complexity index is 152. The Morgan fingerprint density at radius 3 is 2.75 bits per heavy atom. The maximum atomic E-state index is 5.24. The number of aliphatic imine (C=N–C) groups is 1. The van der Waals surface area contributed by atoms with Crippen molar-refractivity contribution in [2.24, 2.45) is 4.99 Å². The summed E-state index contributed by atoms with van der Waals surface area (Å²) in [5.41, 5.74) is 0. The molecule has 0 spiro atoms. The van der Waals surface area contributed by atoms with Gasteiger partial charge in [0.25, 0.3) is 0 Å². The van der Waals surface area contributed by atoms with E-state index in [-0.39, 0.29) is 0 Å². The SMILES string of the molecule is CCON1[C]=NCN(OCC)C1. The quantitative estimate of drug-likeness (QED) is 0.612. The van der Waals surface area contributed by atoms with Crippen LogP contribution in [0.3, 0.4) is 0 Å². The van der Waals surface area contributed by atoms with E-state index in [1.165, 1.54) is 5.06 Å². The van der Waals surface area contributed by atoms with Gasteiger partial charge in [-0.2, -0.15) is 0 Å². The van der Waals surface area contributed by atoms with E-state index < -0.39 is 0 Å². The lowest BCUT2D eigenvalue weighted by molar-refractivity contribution is -0.228. The van der Waals surface area contributed by atoms with Gasteiger partial charge < -0.3 is 0 Å². The van der Waals surface area contributed by atoms with Crippen molar-refractivity contribution in [2.75, 3.05) is 26.6 Å². The highest BCUT2D eigenvalue weighted by Gasteiger charge is 2.13. The molecule has 0 N–H and O–H groups in total. The summed E-state index contributed by atoms with van der Waals surface area (Å²) in [6, 6.07) is 0. The van der Waals surface area contributed by atoms with Gasteiger partial charge in [0, 0.05) is 0 Å². The van der Waals surface area contributed by atoms with Crippen LogP contribution >= 0.6 is 0 Å². The van der Waals surface area contributed by atoms with Gasteiger partial charge in [0.1, 0.15) is 13.3 Å². The predicted molar refractivity (Wildman–Crippen MR) is 44.1 cm³/mol. The van der Waals surface area contributed by atoms with E-state index in [1.807, 2.05) is 13.8 Å². The van der Waals surface area contributed by atoms with Crippen LogP contribution in [0.15, 0.2) is 4.99 Å². The zero-order chi connectivity index (χ0) is 8.81. The Morgan fingerprint density at radius 2 is 2.08 bits per heavy atom. The van der Waals surface area contributed by atoms with Gasteiger partial charge >= 0.3 is 0 Å². The smallest absolute Gasteiger partial charge is 0.196 e. The van der Waals surface area contributed by atoms with Crippen LogP contribution in [0.1, 0.15) is 13.8 Å². The first-order valence-electron chi connectivity index (χ1n) is 4.07. The van der Waals surface area contributed by atoms with Crippen LogP contribution in [0, 0.1) is 0 Å². The fraction of sp³-hybridized carbons (Fsp3) is 0.857. The van der Waals surface area contributed by atoms with E-state index in [0.717, 1.165) is 0 Å². The third-order valence-corrected chi connectivity index (χ3v) is 1.29. The van der Waals surface area contributed by atoms with Crippen molar-refractivity contribution in [2.45, 2.75) is 13.8 Å². The first kappa shape index (κ1) is 9.44. The van der Waals surface area contributed by atoms with E-state index in [0.29, 0.717) is 26.6 Å². The van der Waals surface area contributed by atoms with E-state index in [1.54, 1.807) is 5.06 Å². The highest BCUT2D eigenvalue weighted by molar-refractivity contribution is 5.53. The molecule has 0 atom stereocenters.